The molecule has 0 radical (unpaired) electrons. The van der Waals surface area contributed by atoms with E-state index < -0.39 is 5.97 Å². The minimum Gasteiger partial charge on any atom is -0.491 e. The average molecular weight is 252 g/mol. The Hall–Kier alpha value is -1.75. The molecule has 0 saturated heterocycles. The first-order valence-electron chi connectivity index (χ1n) is 5.96. The van der Waals surface area contributed by atoms with E-state index in [2.05, 4.69) is 0 Å². The maximum Gasteiger partial charge on any atom is 0.323 e. The molecular formula is C13H20N2O3. The van der Waals surface area contributed by atoms with Crippen molar-refractivity contribution in [2.24, 2.45) is 5.73 Å². The largest absolute Gasteiger partial charge is 0.491 e. The number of hydrogen-bond acceptors (Lipinski definition) is 4. The van der Waals surface area contributed by atoms with Crippen molar-refractivity contribution in [1.82, 2.24) is 0 Å². The molecule has 1 aromatic carbocycles. The summed E-state index contributed by atoms with van der Waals surface area (Å²) in [4.78, 5) is 12.5. The van der Waals surface area contributed by atoms with Gasteiger partial charge in [0, 0.05) is 18.8 Å². The molecule has 0 amide bonds. The molecule has 5 heteroatoms. The number of ether oxygens (including phenoxy) is 1. The number of carboxylic acid groups (broad SMARTS) is 1. The van der Waals surface area contributed by atoms with Crippen molar-refractivity contribution in [3.8, 4) is 5.75 Å². The van der Waals surface area contributed by atoms with Gasteiger partial charge in [-0.25, -0.2) is 0 Å². The summed E-state index contributed by atoms with van der Waals surface area (Å²) in [5.74, 6) is -0.0947. The summed E-state index contributed by atoms with van der Waals surface area (Å²) >= 11 is 0. The lowest BCUT2D eigenvalue weighted by molar-refractivity contribution is -0.135. The van der Waals surface area contributed by atoms with Crippen molar-refractivity contribution in [1.29, 1.82) is 0 Å². The standard InChI is InChI=1S/C13H20N2O3/c1-10(2)18-12-5-3-11(4-6-12)15(8-7-14)9-13(16)17/h3-6,10H,7-9,14H2,1-2H3,(H,16,17). The first-order chi connectivity index (χ1) is 8.52. The van der Waals surface area contributed by atoms with E-state index in [1.54, 1.807) is 4.90 Å². The zero-order chi connectivity index (χ0) is 13.5. The lowest BCUT2D eigenvalue weighted by atomic mass is 10.2. The maximum absolute atomic E-state index is 10.8. The van der Waals surface area contributed by atoms with Crippen molar-refractivity contribution >= 4 is 11.7 Å². The van der Waals surface area contributed by atoms with Crippen LogP contribution in [0.5, 0.6) is 5.75 Å². The molecule has 0 spiro atoms. The number of carbonyl (C=O) groups is 1. The molecule has 100 valence electrons. The van der Waals surface area contributed by atoms with Crippen LogP contribution in [-0.2, 0) is 4.79 Å². The van der Waals surface area contributed by atoms with E-state index in [9.17, 15) is 4.79 Å². The molecule has 0 aromatic heterocycles. The van der Waals surface area contributed by atoms with E-state index in [1.165, 1.54) is 0 Å². The van der Waals surface area contributed by atoms with Gasteiger partial charge in [-0.2, -0.15) is 0 Å². The fourth-order valence-electron chi connectivity index (χ4n) is 1.63. The molecule has 0 atom stereocenters. The Kier molecular flexibility index (Phi) is 5.45. The van der Waals surface area contributed by atoms with Crippen LogP contribution in [0.15, 0.2) is 24.3 Å². The second kappa shape index (κ2) is 6.86. The number of aliphatic carboxylic acids is 1. The van der Waals surface area contributed by atoms with Crippen molar-refractivity contribution in [2.75, 3.05) is 24.5 Å². The van der Waals surface area contributed by atoms with Crippen LogP contribution in [0.2, 0.25) is 0 Å². The molecule has 18 heavy (non-hydrogen) atoms. The van der Waals surface area contributed by atoms with E-state index in [1.807, 2.05) is 38.1 Å². The Morgan fingerprint density at radius 1 is 1.39 bits per heavy atom. The Morgan fingerprint density at radius 2 is 2.00 bits per heavy atom. The molecule has 1 rings (SSSR count). The second-order valence-electron chi connectivity index (χ2n) is 4.26. The van der Waals surface area contributed by atoms with Crippen molar-refractivity contribution in [2.45, 2.75) is 20.0 Å². The summed E-state index contributed by atoms with van der Waals surface area (Å²) < 4.78 is 5.53. The van der Waals surface area contributed by atoms with Crippen LogP contribution in [0, 0.1) is 0 Å². The van der Waals surface area contributed by atoms with E-state index in [0.29, 0.717) is 13.1 Å². The number of anilines is 1. The van der Waals surface area contributed by atoms with Crippen LogP contribution in [0.3, 0.4) is 0 Å². The van der Waals surface area contributed by atoms with Gasteiger partial charge in [0.2, 0.25) is 0 Å². The quantitative estimate of drug-likeness (QED) is 0.765. The summed E-state index contributed by atoms with van der Waals surface area (Å²) in [6, 6.07) is 7.36. The molecule has 0 aliphatic carbocycles. The highest BCUT2D eigenvalue weighted by Crippen LogP contribution is 2.20. The summed E-state index contributed by atoms with van der Waals surface area (Å²) in [6.45, 7) is 4.79. The second-order valence-corrected chi connectivity index (χ2v) is 4.26. The van der Waals surface area contributed by atoms with Gasteiger partial charge < -0.3 is 20.5 Å². The summed E-state index contributed by atoms with van der Waals surface area (Å²) in [7, 11) is 0. The Bertz CT molecular complexity index is 376. The average Bonchev–Trinajstić information content (AvgIpc) is 2.28. The SMILES string of the molecule is CC(C)Oc1ccc(N(CCN)CC(=O)O)cc1. The van der Waals surface area contributed by atoms with Crippen LogP contribution in [0.25, 0.3) is 0 Å². The van der Waals surface area contributed by atoms with Gasteiger partial charge >= 0.3 is 5.97 Å². The molecule has 0 heterocycles. The van der Waals surface area contributed by atoms with Crippen LogP contribution >= 0.6 is 0 Å². The zero-order valence-corrected chi connectivity index (χ0v) is 10.8. The summed E-state index contributed by atoms with van der Waals surface area (Å²) in [6.07, 6.45) is 0.120. The molecule has 0 unspecified atom stereocenters. The Balaban J connectivity index is 2.76. The molecule has 0 saturated carbocycles. The number of benzene rings is 1. The summed E-state index contributed by atoms with van der Waals surface area (Å²) in [5, 5.41) is 8.84. The van der Waals surface area contributed by atoms with E-state index >= 15 is 0 Å². The van der Waals surface area contributed by atoms with Gasteiger partial charge in [0.15, 0.2) is 0 Å². The Morgan fingerprint density at radius 3 is 2.44 bits per heavy atom. The number of rotatable bonds is 7. The molecule has 5 nitrogen and oxygen atoms in total. The van der Waals surface area contributed by atoms with Gasteiger partial charge in [-0.15, -0.1) is 0 Å². The van der Waals surface area contributed by atoms with E-state index in [0.717, 1.165) is 11.4 Å². The number of hydrogen-bond donors (Lipinski definition) is 2. The highest BCUT2D eigenvalue weighted by molar-refractivity contribution is 5.73. The number of carboxylic acids is 1. The smallest absolute Gasteiger partial charge is 0.323 e. The minimum atomic E-state index is -0.869. The topological polar surface area (TPSA) is 75.8 Å². The third-order valence-corrected chi connectivity index (χ3v) is 2.30. The Labute approximate surface area is 107 Å². The monoisotopic (exact) mass is 252 g/mol. The number of nitrogens with two attached hydrogens (primary N) is 1. The van der Waals surface area contributed by atoms with Gasteiger partial charge in [0.25, 0.3) is 0 Å². The lowest BCUT2D eigenvalue weighted by Crippen LogP contribution is -2.34. The minimum absolute atomic E-state index is 0.0540. The van der Waals surface area contributed by atoms with Gasteiger partial charge in [0.1, 0.15) is 12.3 Å². The van der Waals surface area contributed by atoms with Gasteiger partial charge in [-0.05, 0) is 38.1 Å². The van der Waals surface area contributed by atoms with Crippen LogP contribution in [0.4, 0.5) is 5.69 Å². The molecule has 1 aromatic rings. The molecular weight excluding hydrogens is 232 g/mol. The summed E-state index contributed by atoms with van der Waals surface area (Å²) in [5.41, 5.74) is 6.31. The molecule has 0 bridgehead atoms. The van der Waals surface area contributed by atoms with Crippen molar-refractivity contribution in [3.63, 3.8) is 0 Å². The highest BCUT2D eigenvalue weighted by Gasteiger charge is 2.10. The first-order valence-corrected chi connectivity index (χ1v) is 5.96. The fourth-order valence-corrected chi connectivity index (χ4v) is 1.63. The fraction of sp³-hybridized carbons (Fsp3) is 0.462. The molecule has 3 N–H and O–H groups in total. The van der Waals surface area contributed by atoms with Crippen molar-refractivity contribution < 1.29 is 14.6 Å². The maximum atomic E-state index is 10.8. The molecule has 0 aliphatic heterocycles. The molecule has 0 aliphatic rings. The first kappa shape index (κ1) is 14.3. The van der Waals surface area contributed by atoms with Gasteiger partial charge in [-0.3, -0.25) is 4.79 Å². The van der Waals surface area contributed by atoms with Crippen LogP contribution in [0.1, 0.15) is 13.8 Å². The van der Waals surface area contributed by atoms with Crippen LogP contribution in [-0.4, -0.2) is 36.8 Å². The normalized spacial score (nSPS) is 10.4. The van der Waals surface area contributed by atoms with E-state index in [4.69, 9.17) is 15.6 Å². The third kappa shape index (κ3) is 4.63. The molecule has 0 fully saturated rings. The van der Waals surface area contributed by atoms with Crippen LogP contribution < -0.4 is 15.4 Å². The third-order valence-electron chi connectivity index (χ3n) is 2.30. The highest BCUT2D eigenvalue weighted by atomic mass is 16.5. The predicted molar refractivity (Wildman–Crippen MR) is 71.1 cm³/mol. The number of nitrogens with zero attached hydrogens (tertiary/aromatic N) is 1. The van der Waals surface area contributed by atoms with E-state index in [-0.39, 0.29) is 12.6 Å². The lowest BCUT2D eigenvalue weighted by Gasteiger charge is -2.22. The predicted octanol–water partition coefficient (Wildman–Crippen LogP) is 1.32. The zero-order valence-electron chi connectivity index (χ0n) is 10.8. The van der Waals surface area contributed by atoms with Gasteiger partial charge in [-0.1, -0.05) is 0 Å². The van der Waals surface area contributed by atoms with Gasteiger partial charge in [0.05, 0.1) is 6.10 Å². The van der Waals surface area contributed by atoms with Crippen molar-refractivity contribution in [3.05, 3.63) is 24.3 Å².